The maximum absolute atomic E-state index is 13.0. The minimum Gasteiger partial charge on any atom is -0.497 e. The number of methoxy groups -OCH3 is 1. The Morgan fingerprint density at radius 2 is 1.96 bits per heavy atom. The molecule has 0 saturated heterocycles. The normalized spacial score (nSPS) is 37.7. The first-order chi connectivity index (χ1) is 10.9. The van der Waals surface area contributed by atoms with E-state index < -0.39 is 0 Å². The summed E-state index contributed by atoms with van der Waals surface area (Å²) in [6.07, 6.45) is 5.67. The lowest BCUT2D eigenvalue weighted by Gasteiger charge is -2.48. The van der Waals surface area contributed by atoms with Crippen LogP contribution in [0.1, 0.15) is 63.5 Å². The van der Waals surface area contributed by atoms with Gasteiger partial charge >= 0.3 is 0 Å². The van der Waals surface area contributed by atoms with Gasteiger partial charge in [0.05, 0.1) is 7.11 Å². The zero-order valence-electron chi connectivity index (χ0n) is 14.8. The molecule has 4 rings (SSSR count). The van der Waals surface area contributed by atoms with E-state index in [9.17, 15) is 4.79 Å². The van der Waals surface area contributed by atoms with Crippen LogP contribution in [0.15, 0.2) is 18.2 Å². The van der Waals surface area contributed by atoms with Crippen molar-refractivity contribution in [2.24, 2.45) is 22.7 Å². The molecule has 1 aromatic rings. The number of fused-ring (bicyclic) bond motifs is 5. The summed E-state index contributed by atoms with van der Waals surface area (Å²) in [4.78, 5) is 13.0. The molecule has 1 aromatic carbocycles. The van der Waals surface area contributed by atoms with Crippen molar-refractivity contribution in [3.8, 4) is 5.75 Å². The molecule has 0 N–H and O–H groups in total. The second-order valence-electron chi connectivity index (χ2n) is 8.85. The summed E-state index contributed by atoms with van der Waals surface area (Å²) in [7, 11) is 1.74. The van der Waals surface area contributed by atoms with Gasteiger partial charge in [0.2, 0.25) is 0 Å². The third kappa shape index (κ3) is 2.03. The van der Waals surface area contributed by atoms with Crippen LogP contribution in [0, 0.1) is 22.7 Å². The largest absolute Gasteiger partial charge is 0.497 e. The van der Waals surface area contributed by atoms with Gasteiger partial charge in [0.15, 0.2) is 0 Å². The van der Waals surface area contributed by atoms with Gasteiger partial charge in [-0.25, -0.2) is 0 Å². The maximum Gasteiger partial charge on any atom is 0.144 e. The van der Waals surface area contributed by atoms with Crippen LogP contribution >= 0.6 is 0 Å². The predicted molar refractivity (Wildman–Crippen MR) is 91.8 cm³/mol. The van der Waals surface area contributed by atoms with Gasteiger partial charge < -0.3 is 4.74 Å². The highest BCUT2D eigenvalue weighted by molar-refractivity contribution is 5.92. The zero-order valence-corrected chi connectivity index (χ0v) is 14.8. The predicted octanol–water partition coefficient (Wildman–Crippen LogP) is 4.76. The van der Waals surface area contributed by atoms with Crippen molar-refractivity contribution in [1.82, 2.24) is 0 Å². The molecule has 23 heavy (non-hydrogen) atoms. The summed E-state index contributed by atoms with van der Waals surface area (Å²) in [5.74, 6) is 3.39. The molecule has 0 bridgehead atoms. The Hall–Kier alpha value is -1.31. The highest BCUT2D eigenvalue weighted by Crippen LogP contribution is 2.63. The van der Waals surface area contributed by atoms with Crippen molar-refractivity contribution in [3.05, 3.63) is 29.3 Å². The quantitative estimate of drug-likeness (QED) is 0.747. The van der Waals surface area contributed by atoms with E-state index in [1.54, 1.807) is 7.11 Å². The van der Waals surface area contributed by atoms with E-state index in [1.165, 1.54) is 24.0 Å². The van der Waals surface area contributed by atoms with Gasteiger partial charge in [-0.2, -0.15) is 0 Å². The van der Waals surface area contributed by atoms with Gasteiger partial charge in [0.1, 0.15) is 11.5 Å². The minimum absolute atomic E-state index is 0.0748. The third-order valence-electron chi connectivity index (χ3n) is 7.19. The molecule has 0 aromatic heterocycles. The zero-order chi connectivity index (χ0) is 16.4. The Labute approximate surface area is 139 Å². The molecule has 0 heterocycles. The van der Waals surface area contributed by atoms with Crippen LogP contribution in [0.5, 0.6) is 5.75 Å². The monoisotopic (exact) mass is 312 g/mol. The highest BCUT2D eigenvalue weighted by atomic mass is 16.5. The molecule has 2 nitrogen and oxygen atoms in total. The highest BCUT2D eigenvalue weighted by Gasteiger charge is 2.60. The first-order valence-corrected chi connectivity index (χ1v) is 9.08. The first-order valence-electron chi connectivity index (χ1n) is 9.08. The van der Waals surface area contributed by atoms with E-state index in [1.807, 2.05) is 0 Å². The first kappa shape index (κ1) is 15.2. The fourth-order valence-corrected chi connectivity index (χ4v) is 6.08. The van der Waals surface area contributed by atoms with Gasteiger partial charge in [-0.1, -0.05) is 26.8 Å². The van der Waals surface area contributed by atoms with Gasteiger partial charge in [0, 0.05) is 10.8 Å². The number of Topliss-reactive ketones (excluding diaryl/α,β-unsaturated/α-hetero) is 1. The molecule has 2 saturated carbocycles. The molecular formula is C21H28O2. The average molecular weight is 312 g/mol. The van der Waals surface area contributed by atoms with E-state index in [2.05, 4.69) is 39.0 Å². The van der Waals surface area contributed by atoms with E-state index in [4.69, 9.17) is 4.74 Å². The summed E-state index contributed by atoms with van der Waals surface area (Å²) in [6, 6.07) is 6.62. The lowest BCUT2D eigenvalue weighted by atomic mass is 9.55. The number of carbonyl (C=O) groups is 1. The van der Waals surface area contributed by atoms with E-state index in [0.29, 0.717) is 23.5 Å². The topological polar surface area (TPSA) is 26.3 Å². The van der Waals surface area contributed by atoms with Gasteiger partial charge in [-0.15, -0.1) is 0 Å². The third-order valence-corrected chi connectivity index (χ3v) is 7.19. The molecule has 0 aliphatic heterocycles. The Balaban J connectivity index is 1.71. The molecule has 3 aliphatic carbocycles. The summed E-state index contributed by atoms with van der Waals surface area (Å²) >= 11 is 0. The number of carbonyl (C=O) groups excluding carboxylic acids is 1. The summed E-state index contributed by atoms with van der Waals surface area (Å²) in [5.41, 5.74) is 2.79. The number of benzene rings is 1. The van der Waals surface area contributed by atoms with Crippen LogP contribution in [0.25, 0.3) is 0 Å². The van der Waals surface area contributed by atoms with E-state index in [-0.39, 0.29) is 10.8 Å². The number of hydrogen-bond donors (Lipinski definition) is 0. The fourth-order valence-electron chi connectivity index (χ4n) is 6.08. The van der Waals surface area contributed by atoms with Crippen molar-refractivity contribution in [3.63, 3.8) is 0 Å². The van der Waals surface area contributed by atoms with Crippen molar-refractivity contribution in [2.75, 3.05) is 7.11 Å². The average Bonchev–Trinajstić information content (AvgIpc) is 2.73. The lowest BCUT2D eigenvalue weighted by molar-refractivity contribution is -0.134. The van der Waals surface area contributed by atoms with E-state index in [0.717, 1.165) is 25.0 Å². The van der Waals surface area contributed by atoms with E-state index >= 15 is 0 Å². The molecule has 0 amide bonds. The number of hydrogen-bond acceptors (Lipinski definition) is 2. The van der Waals surface area contributed by atoms with Crippen molar-refractivity contribution in [2.45, 2.75) is 58.8 Å². The van der Waals surface area contributed by atoms with Gasteiger partial charge in [-0.3, -0.25) is 4.79 Å². The molecule has 4 unspecified atom stereocenters. The smallest absolute Gasteiger partial charge is 0.144 e. The summed E-state index contributed by atoms with van der Waals surface area (Å²) in [5, 5.41) is 0. The Kier molecular flexibility index (Phi) is 3.21. The molecule has 0 spiro atoms. The van der Waals surface area contributed by atoms with Crippen molar-refractivity contribution >= 4 is 5.78 Å². The number of ether oxygens (including phenoxy) is 1. The minimum atomic E-state index is -0.130. The second kappa shape index (κ2) is 4.84. The van der Waals surface area contributed by atoms with Crippen LogP contribution in [-0.4, -0.2) is 12.9 Å². The summed E-state index contributed by atoms with van der Waals surface area (Å²) < 4.78 is 5.40. The Morgan fingerprint density at radius 1 is 1.17 bits per heavy atom. The molecular weight excluding hydrogens is 284 g/mol. The van der Waals surface area contributed by atoms with Crippen LogP contribution in [0.4, 0.5) is 0 Å². The van der Waals surface area contributed by atoms with Gasteiger partial charge in [-0.05, 0) is 73.1 Å². The Bertz CT molecular complexity index is 660. The fraction of sp³-hybridized carbons (Fsp3) is 0.667. The van der Waals surface area contributed by atoms with Crippen LogP contribution < -0.4 is 4.74 Å². The Morgan fingerprint density at radius 3 is 2.70 bits per heavy atom. The number of aryl methyl sites for hydroxylation is 1. The number of rotatable bonds is 1. The van der Waals surface area contributed by atoms with Crippen LogP contribution in [-0.2, 0) is 11.2 Å². The van der Waals surface area contributed by atoms with Crippen molar-refractivity contribution in [1.29, 1.82) is 0 Å². The molecule has 4 atom stereocenters. The van der Waals surface area contributed by atoms with Crippen molar-refractivity contribution < 1.29 is 9.53 Å². The molecule has 0 radical (unpaired) electrons. The molecule has 3 aliphatic rings. The standard InChI is InChI=1S/C21H28O2/c1-20(2)12-18-17-7-5-13-11-14(23-4)6-8-15(13)16(17)9-10-21(18,3)19(20)22/h6,8,11,16-18H,5,7,9-10,12H2,1-4H3. The molecule has 2 heteroatoms. The number of ketones is 1. The molecule has 2 fully saturated rings. The molecule has 124 valence electrons. The van der Waals surface area contributed by atoms with Crippen LogP contribution in [0.3, 0.4) is 0 Å². The second-order valence-corrected chi connectivity index (χ2v) is 8.85. The maximum atomic E-state index is 13.0. The van der Waals surface area contributed by atoms with Crippen LogP contribution in [0.2, 0.25) is 0 Å². The SMILES string of the molecule is COc1ccc2c(c1)CCC1C2CCC2(C)C(=O)C(C)(C)CC12. The van der Waals surface area contributed by atoms with Gasteiger partial charge in [0.25, 0.3) is 0 Å². The lowest BCUT2D eigenvalue weighted by Crippen LogP contribution is -2.43. The summed E-state index contributed by atoms with van der Waals surface area (Å²) in [6.45, 7) is 6.58.